The van der Waals surface area contributed by atoms with Gasteiger partial charge in [0.05, 0.1) is 6.61 Å². The number of nitrogens with zero attached hydrogens (tertiary/aromatic N) is 3. The summed E-state index contributed by atoms with van der Waals surface area (Å²) >= 11 is 0. The van der Waals surface area contributed by atoms with Crippen molar-refractivity contribution in [3.8, 4) is 5.88 Å². The van der Waals surface area contributed by atoms with Crippen molar-refractivity contribution in [2.75, 3.05) is 44.2 Å². The molecule has 5 rings (SSSR count). The molecule has 0 aliphatic carbocycles. The van der Waals surface area contributed by atoms with Crippen molar-refractivity contribution in [2.45, 2.75) is 12.8 Å². The van der Waals surface area contributed by atoms with Gasteiger partial charge in [-0.1, -0.05) is 24.3 Å². The van der Waals surface area contributed by atoms with Crippen LogP contribution in [0.15, 0.2) is 65.5 Å². The van der Waals surface area contributed by atoms with Crippen molar-refractivity contribution in [3.63, 3.8) is 0 Å². The molecule has 1 aliphatic heterocycles. The summed E-state index contributed by atoms with van der Waals surface area (Å²) in [5, 5.41) is 2.94. The molecular formula is C26H27FN4O2. The summed E-state index contributed by atoms with van der Waals surface area (Å²) in [4.78, 5) is 23.3. The molecule has 0 radical (unpaired) electrons. The van der Waals surface area contributed by atoms with Gasteiger partial charge in [-0.3, -0.25) is 9.69 Å². The minimum absolute atomic E-state index is 0.169. The van der Waals surface area contributed by atoms with Gasteiger partial charge in [0.25, 0.3) is 0 Å². The molecule has 3 heterocycles. The molecule has 1 N–H and O–H groups in total. The highest BCUT2D eigenvalue weighted by Gasteiger charge is 2.19. The minimum Gasteiger partial charge on any atom is -0.478 e. The second kappa shape index (κ2) is 9.58. The van der Waals surface area contributed by atoms with Gasteiger partial charge < -0.3 is 14.6 Å². The number of halogens is 1. The van der Waals surface area contributed by atoms with E-state index >= 15 is 0 Å². The summed E-state index contributed by atoms with van der Waals surface area (Å²) in [6.07, 6.45) is 1.97. The number of hydrogen-bond acceptors (Lipinski definition) is 5. The molecule has 0 saturated carbocycles. The average Bonchev–Trinajstić information content (AvgIpc) is 2.83. The predicted octanol–water partition coefficient (Wildman–Crippen LogP) is 4.20. The summed E-state index contributed by atoms with van der Waals surface area (Å²) in [5.74, 6) is 0.346. The number of fused-ring (bicyclic) bond motifs is 2. The fourth-order valence-electron chi connectivity index (χ4n) is 4.43. The molecular weight excluding hydrogens is 419 g/mol. The lowest BCUT2D eigenvalue weighted by Crippen LogP contribution is -2.46. The van der Waals surface area contributed by atoms with Crippen LogP contribution in [0.25, 0.3) is 21.8 Å². The first-order chi connectivity index (χ1) is 16.2. The van der Waals surface area contributed by atoms with E-state index in [9.17, 15) is 9.18 Å². The number of aromatic nitrogens is 2. The number of pyridine rings is 2. The van der Waals surface area contributed by atoms with Crippen LogP contribution in [-0.2, 0) is 0 Å². The maximum absolute atomic E-state index is 14.1. The molecule has 4 aromatic rings. The van der Waals surface area contributed by atoms with Gasteiger partial charge in [0.1, 0.15) is 11.5 Å². The van der Waals surface area contributed by atoms with Crippen molar-refractivity contribution >= 4 is 27.5 Å². The lowest BCUT2D eigenvalue weighted by atomic mass is 10.1. The molecule has 0 atom stereocenters. The average molecular weight is 447 g/mol. The number of piperazine rings is 1. The Bertz CT molecular complexity index is 1310. The smallest absolute Gasteiger partial charge is 0.249 e. The van der Waals surface area contributed by atoms with Crippen LogP contribution in [0, 0.1) is 5.82 Å². The number of unbranched alkanes of at least 4 members (excludes halogenated alkanes) is 1. The Morgan fingerprint density at radius 1 is 0.939 bits per heavy atom. The van der Waals surface area contributed by atoms with Crippen LogP contribution in [0.1, 0.15) is 12.8 Å². The third kappa shape index (κ3) is 4.98. The molecule has 0 bridgehead atoms. The van der Waals surface area contributed by atoms with Crippen LogP contribution in [0.4, 0.5) is 10.1 Å². The molecule has 170 valence electrons. The third-order valence-corrected chi connectivity index (χ3v) is 6.19. The normalized spacial score (nSPS) is 14.8. The highest BCUT2D eigenvalue weighted by Crippen LogP contribution is 2.29. The second-order valence-electron chi connectivity index (χ2n) is 8.44. The number of benzene rings is 2. The van der Waals surface area contributed by atoms with E-state index in [4.69, 9.17) is 4.74 Å². The highest BCUT2D eigenvalue weighted by molar-refractivity contribution is 5.94. The zero-order valence-electron chi connectivity index (χ0n) is 18.5. The highest BCUT2D eigenvalue weighted by atomic mass is 19.1. The Kier molecular flexibility index (Phi) is 6.21. The predicted molar refractivity (Wildman–Crippen MR) is 130 cm³/mol. The number of aromatic amines is 1. The minimum atomic E-state index is -0.182. The summed E-state index contributed by atoms with van der Waals surface area (Å²) in [6, 6.07) is 18.2. The topological polar surface area (TPSA) is 61.5 Å². The molecule has 7 heteroatoms. The maximum atomic E-state index is 14.1. The van der Waals surface area contributed by atoms with Crippen LogP contribution < -0.4 is 15.2 Å². The van der Waals surface area contributed by atoms with E-state index in [1.54, 1.807) is 18.2 Å². The van der Waals surface area contributed by atoms with Crippen molar-refractivity contribution < 1.29 is 9.13 Å². The molecule has 2 aromatic heterocycles. The molecule has 6 nitrogen and oxygen atoms in total. The Balaban J connectivity index is 1.08. The van der Waals surface area contributed by atoms with Crippen molar-refractivity contribution in [2.24, 2.45) is 0 Å². The number of hydrogen-bond donors (Lipinski definition) is 1. The summed E-state index contributed by atoms with van der Waals surface area (Å²) in [5.41, 5.74) is 1.37. The summed E-state index contributed by atoms with van der Waals surface area (Å²) in [6.45, 7) is 5.31. The monoisotopic (exact) mass is 446 g/mol. The number of nitrogens with one attached hydrogen (secondary N) is 1. The van der Waals surface area contributed by atoms with E-state index in [0.29, 0.717) is 18.1 Å². The molecule has 0 spiro atoms. The van der Waals surface area contributed by atoms with E-state index in [1.807, 2.05) is 30.3 Å². The quantitative estimate of drug-likeness (QED) is 0.431. The van der Waals surface area contributed by atoms with Gasteiger partial charge in [-0.2, -0.15) is 4.98 Å². The van der Waals surface area contributed by atoms with Gasteiger partial charge in [0.15, 0.2) is 0 Å². The molecule has 0 unspecified atom stereocenters. The standard InChI is InChI=1S/C26H27FN4O2/c27-21-17-20-5-1-2-6-22(20)23(18-21)31-14-12-30(13-15-31)11-3-4-16-33-25-10-8-19-7-9-24(32)28-26(19)29-25/h1-2,5-10,17-18H,3-4,11-16H2,(H,28,29,32). The Morgan fingerprint density at radius 2 is 1.76 bits per heavy atom. The second-order valence-corrected chi connectivity index (χ2v) is 8.44. The third-order valence-electron chi connectivity index (χ3n) is 6.19. The first-order valence-corrected chi connectivity index (χ1v) is 11.4. The largest absolute Gasteiger partial charge is 0.478 e. The van der Waals surface area contributed by atoms with E-state index in [0.717, 1.165) is 67.4 Å². The van der Waals surface area contributed by atoms with Gasteiger partial charge in [0, 0.05) is 54.8 Å². The van der Waals surface area contributed by atoms with Gasteiger partial charge in [-0.05, 0) is 49.0 Å². The number of H-pyrrole nitrogens is 1. The lowest BCUT2D eigenvalue weighted by Gasteiger charge is -2.36. The fourth-order valence-corrected chi connectivity index (χ4v) is 4.43. The SMILES string of the molecule is O=c1ccc2ccc(OCCCCN3CCN(c4cc(F)cc5ccccc45)CC3)nc2[nH]1. The van der Waals surface area contributed by atoms with E-state index in [1.165, 1.54) is 6.07 Å². The van der Waals surface area contributed by atoms with Gasteiger partial charge >= 0.3 is 0 Å². The van der Waals surface area contributed by atoms with Crippen molar-refractivity contribution in [3.05, 3.63) is 76.8 Å². The maximum Gasteiger partial charge on any atom is 0.249 e. The van der Waals surface area contributed by atoms with Crippen LogP contribution >= 0.6 is 0 Å². The van der Waals surface area contributed by atoms with Crippen LogP contribution in [-0.4, -0.2) is 54.2 Å². The Labute approximate surface area is 191 Å². The zero-order valence-corrected chi connectivity index (χ0v) is 18.5. The molecule has 1 aliphatic rings. The van der Waals surface area contributed by atoms with Crippen LogP contribution in [0.3, 0.4) is 0 Å². The molecule has 33 heavy (non-hydrogen) atoms. The lowest BCUT2D eigenvalue weighted by molar-refractivity contribution is 0.237. The molecule has 1 saturated heterocycles. The fraction of sp³-hybridized carbons (Fsp3) is 0.308. The van der Waals surface area contributed by atoms with Crippen molar-refractivity contribution in [1.82, 2.24) is 14.9 Å². The van der Waals surface area contributed by atoms with Crippen LogP contribution in [0.5, 0.6) is 5.88 Å². The first-order valence-electron chi connectivity index (χ1n) is 11.4. The van der Waals surface area contributed by atoms with E-state index in [-0.39, 0.29) is 11.4 Å². The van der Waals surface area contributed by atoms with Crippen LogP contribution in [0.2, 0.25) is 0 Å². The summed E-state index contributed by atoms with van der Waals surface area (Å²) in [7, 11) is 0. The zero-order chi connectivity index (χ0) is 22.6. The molecule has 2 aromatic carbocycles. The number of anilines is 1. The molecule has 0 amide bonds. The number of rotatable bonds is 7. The Hall–Kier alpha value is -3.45. The van der Waals surface area contributed by atoms with E-state index in [2.05, 4.69) is 25.8 Å². The number of ether oxygens (including phenoxy) is 1. The summed E-state index contributed by atoms with van der Waals surface area (Å²) < 4.78 is 19.9. The van der Waals surface area contributed by atoms with Gasteiger partial charge in [0.2, 0.25) is 11.4 Å². The van der Waals surface area contributed by atoms with Gasteiger partial charge in [-0.15, -0.1) is 0 Å². The van der Waals surface area contributed by atoms with Gasteiger partial charge in [-0.25, -0.2) is 4.39 Å². The molecule has 1 fully saturated rings. The van der Waals surface area contributed by atoms with E-state index < -0.39 is 0 Å². The Morgan fingerprint density at radius 3 is 2.64 bits per heavy atom. The van der Waals surface area contributed by atoms with Crippen molar-refractivity contribution in [1.29, 1.82) is 0 Å². The first kappa shape index (κ1) is 21.4.